The van der Waals surface area contributed by atoms with Gasteiger partial charge in [0.2, 0.25) is 11.7 Å². The van der Waals surface area contributed by atoms with Crippen LogP contribution < -0.4 is 15.2 Å². The van der Waals surface area contributed by atoms with Gasteiger partial charge in [0.15, 0.2) is 6.61 Å². The summed E-state index contributed by atoms with van der Waals surface area (Å²) >= 11 is 0. The number of carbonyl (C=O) groups is 1. The average Bonchev–Trinajstić information content (AvgIpc) is 3.09. The van der Waals surface area contributed by atoms with Gasteiger partial charge in [-0.15, -0.1) is 0 Å². The number of methoxy groups -OCH3 is 1. The summed E-state index contributed by atoms with van der Waals surface area (Å²) in [5.74, 6) is 1.77. The fourth-order valence-electron chi connectivity index (χ4n) is 2.31. The van der Waals surface area contributed by atoms with E-state index in [1.165, 1.54) is 0 Å². The molecule has 3 aromatic rings. The second-order valence-electron chi connectivity index (χ2n) is 5.28. The second kappa shape index (κ2) is 7.48. The summed E-state index contributed by atoms with van der Waals surface area (Å²) in [5, 5.41) is 4.00. The molecule has 25 heavy (non-hydrogen) atoms. The minimum Gasteiger partial charge on any atom is -0.496 e. The average molecular weight is 339 g/mol. The number of hydrogen-bond acceptors (Lipinski definition) is 6. The number of aromatic nitrogens is 2. The van der Waals surface area contributed by atoms with Crippen molar-refractivity contribution in [1.29, 1.82) is 0 Å². The van der Waals surface area contributed by atoms with Crippen LogP contribution in [0.25, 0.3) is 11.4 Å². The number of benzene rings is 2. The third kappa shape index (κ3) is 4.14. The van der Waals surface area contributed by atoms with Crippen molar-refractivity contribution in [2.75, 3.05) is 13.7 Å². The number of carbonyl (C=O) groups excluding carboxylic acids is 1. The number of nitrogens with zero attached hydrogens (tertiary/aromatic N) is 2. The van der Waals surface area contributed by atoms with Gasteiger partial charge in [-0.25, -0.2) is 0 Å². The summed E-state index contributed by atoms with van der Waals surface area (Å²) in [6.45, 7) is -0.162. The number of hydrogen-bond donors (Lipinski definition) is 1. The van der Waals surface area contributed by atoms with E-state index in [-0.39, 0.29) is 6.61 Å². The lowest BCUT2D eigenvalue weighted by molar-refractivity contribution is -0.119. The van der Waals surface area contributed by atoms with E-state index in [9.17, 15) is 4.79 Å². The van der Waals surface area contributed by atoms with Crippen molar-refractivity contribution < 1.29 is 18.8 Å². The van der Waals surface area contributed by atoms with E-state index < -0.39 is 5.91 Å². The highest BCUT2D eigenvalue weighted by Gasteiger charge is 2.12. The minimum absolute atomic E-state index is 0.162. The van der Waals surface area contributed by atoms with Gasteiger partial charge in [-0.2, -0.15) is 4.98 Å². The van der Waals surface area contributed by atoms with E-state index in [2.05, 4.69) is 10.1 Å². The number of rotatable bonds is 7. The number of ether oxygens (including phenoxy) is 2. The first-order valence-electron chi connectivity index (χ1n) is 7.61. The molecule has 0 bridgehead atoms. The Morgan fingerprint density at radius 3 is 2.64 bits per heavy atom. The smallest absolute Gasteiger partial charge is 0.255 e. The molecule has 0 atom stereocenters. The predicted octanol–water partition coefficient (Wildman–Crippen LogP) is 2.20. The van der Waals surface area contributed by atoms with Crippen LogP contribution in [0.4, 0.5) is 0 Å². The molecule has 0 aliphatic rings. The van der Waals surface area contributed by atoms with Crippen LogP contribution in [0.15, 0.2) is 53.1 Å². The normalized spacial score (nSPS) is 10.4. The first-order valence-corrected chi connectivity index (χ1v) is 7.61. The molecule has 1 amide bonds. The van der Waals surface area contributed by atoms with Crippen LogP contribution >= 0.6 is 0 Å². The highest BCUT2D eigenvalue weighted by Crippen LogP contribution is 2.23. The molecule has 2 aromatic carbocycles. The lowest BCUT2D eigenvalue weighted by atomic mass is 10.1. The van der Waals surface area contributed by atoms with E-state index in [0.717, 1.165) is 16.9 Å². The molecule has 0 fully saturated rings. The maximum absolute atomic E-state index is 10.7. The molecule has 0 aliphatic carbocycles. The zero-order chi connectivity index (χ0) is 17.6. The summed E-state index contributed by atoms with van der Waals surface area (Å²) in [6, 6.07) is 14.7. The van der Waals surface area contributed by atoms with Gasteiger partial charge < -0.3 is 19.7 Å². The monoisotopic (exact) mass is 339 g/mol. The molecule has 2 N–H and O–H groups in total. The third-order valence-corrected chi connectivity index (χ3v) is 3.50. The first kappa shape index (κ1) is 16.5. The molecular formula is C18H17N3O4. The predicted molar refractivity (Wildman–Crippen MR) is 90.2 cm³/mol. The first-order chi connectivity index (χ1) is 12.2. The number of para-hydroxylation sites is 1. The summed E-state index contributed by atoms with van der Waals surface area (Å²) < 4.78 is 15.9. The molecule has 0 aliphatic heterocycles. The quantitative estimate of drug-likeness (QED) is 0.708. The standard InChI is InChI=1S/C18H17N3O4/c1-23-15-5-3-2-4-13(15)10-17-20-18(21-25-17)12-6-8-14(9-7-12)24-11-16(19)22/h2-9H,10-11H2,1H3,(H2,19,22). The van der Waals surface area contributed by atoms with Crippen molar-refractivity contribution in [1.82, 2.24) is 10.1 Å². The minimum atomic E-state index is -0.525. The van der Waals surface area contributed by atoms with Crippen LogP contribution in [-0.2, 0) is 11.2 Å². The Morgan fingerprint density at radius 1 is 1.16 bits per heavy atom. The fourth-order valence-corrected chi connectivity index (χ4v) is 2.31. The number of nitrogens with two attached hydrogens (primary N) is 1. The molecule has 7 heteroatoms. The molecule has 0 saturated heterocycles. The Labute approximate surface area is 144 Å². The number of amides is 1. The Hall–Kier alpha value is -3.35. The van der Waals surface area contributed by atoms with Gasteiger partial charge in [0.1, 0.15) is 11.5 Å². The Balaban J connectivity index is 1.71. The SMILES string of the molecule is COc1ccccc1Cc1nc(-c2ccc(OCC(N)=O)cc2)no1. The topological polar surface area (TPSA) is 100 Å². The Bertz CT molecular complexity index is 859. The maximum Gasteiger partial charge on any atom is 0.255 e. The Morgan fingerprint density at radius 2 is 1.92 bits per heavy atom. The van der Waals surface area contributed by atoms with Crippen LogP contribution in [0.2, 0.25) is 0 Å². The van der Waals surface area contributed by atoms with Crippen molar-refractivity contribution in [2.45, 2.75) is 6.42 Å². The van der Waals surface area contributed by atoms with Gasteiger partial charge in [-0.3, -0.25) is 4.79 Å². The van der Waals surface area contributed by atoms with Crippen LogP contribution in [0, 0.1) is 0 Å². The molecule has 0 radical (unpaired) electrons. The van der Waals surface area contributed by atoms with Gasteiger partial charge >= 0.3 is 0 Å². The Kier molecular flexibility index (Phi) is 4.94. The molecule has 0 spiro atoms. The van der Waals surface area contributed by atoms with E-state index in [0.29, 0.717) is 23.9 Å². The highest BCUT2D eigenvalue weighted by atomic mass is 16.5. The summed E-state index contributed by atoms with van der Waals surface area (Å²) in [5.41, 5.74) is 6.79. The summed E-state index contributed by atoms with van der Waals surface area (Å²) in [7, 11) is 1.62. The van der Waals surface area contributed by atoms with Crippen molar-refractivity contribution >= 4 is 5.91 Å². The summed E-state index contributed by atoms with van der Waals surface area (Å²) in [6.07, 6.45) is 0.483. The largest absolute Gasteiger partial charge is 0.496 e. The molecule has 0 saturated carbocycles. The van der Waals surface area contributed by atoms with Gasteiger partial charge in [0, 0.05) is 11.1 Å². The molecular weight excluding hydrogens is 322 g/mol. The van der Waals surface area contributed by atoms with Gasteiger partial charge in [-0.1, -0.05) is 23.4 Å². The van der Waals surface area contributed by atoms with E-state index >= 15 is 0 Å². The summed E-state index contributed by atoms with van der Waals surface area (Å²) in [4.78, 5) is 15.1. The van der Waals surface area contributed by atoms with E-state index in [4.69, 9.17) is 19.7 Å². The van der Waals surface area contributed by atoms with E-state index in [1.807, 2.05) is 24.3 Å². The molecule has 1 aromatic heterocycles. The lowest BCUT2D eigenvalue weighted by Gasteiger charge is -2.05. The molecule has 3 rings (SSSR count). The molecule has 1 heterocycles. The van der Waals surface area contributed by atoms with Crippen molar-refractivity contribution in [3.63, 3.8) is 0 Å². The maximum atomic E-state index is 10.7. The molecule has 0 unspecified atom stereocenters. The third-order valence-electron chi connectivity index (χ3n) is 3.50. The van der Waals surface area contributed by atoms with Gasteiger partial charge in [0.05, 0.1) is 13.5 Å². The second-order valence-corrected chi connectivity index (χ2v) is 5.28. The van der Waals surface area contributed by atoms with Crippen LogP contribution in [-0.4, -0.2) is 29.8 Å². The van der Waals surface area contributed by atoms with Crippen molar-refractivity contribution in [3.8, 4) is 22.9 Å². The zero-order valence-corrected chi connectivity index (χ0v) is 13.6. The lowest BCUT2D eigenvalue weighted by Crippen LogP contribution is -2.19. The van der Waals surface area contributed by atoms with Gasteiger partial charge in [0.25, 0.3) is 5.91 Å². The van der Waals surface area contributed by atoms with E-state index in [1.54, 1.807) is 31.4 Å². The highest BCUT2D eigenvalue weighted by molar-refractivity contribution is 5.75. The van der Waals surface area contributed by atoms with Crippen LogP contribution in [0.1, 0.15) is 11.5 Å². The van der Waals surface area contributed by atoms with Crippen LogP contribution in [0.5, 0.6) is 11.5 Å². The number of primary amides is 1. The molecule has 128 valence electrons. The van der Waals surface area contributed by atoms with Crippen molar-refractivity contribution in [3.05, 3.63) is 60.0 Å². The molecule has 7 nitrogen and oxygen atoms in total. The van der Waals surface area contributed by atoms with Gasteiger partial charge in [-0.05, 0) is 30.3 Å². The van der Waals surface area contributed by atoms with Crippen molar-refractivity contribution in [2.24, 2.45) is 5.73 Å². The fraction of sp³-hybridized carbons (Fsp3) is 0.167. The van der Waals surface area contributed by atoms with Crippen LogP contribution in [0.3, 0.4) is 0 Å². The zero-order valence-electron chi connectivity index (χ0n) is 13.6.